The lowest BCUT2D eigenvalue weighted by Crippen LogP contribution is -2.44. The number of aryl methyl sites for hydroxylation is 2. The Bertz CT molecular complexity index is 2110. The average molecular weight is 664 g/mol. The van der Waals surface area contributed by atoms with Crippen LogP contribution in [-0.2, 0) is 10.0 Å². The van der Waals surface area contributed by atoms with Gasteiger partial charge in [0.1, 0.15) is 0 Å². The van der Waals surface area contributed by atoms with Crippen LogP contribution in [0.1, 0.15) is 34.8 Å². The van der Waals surface area contributed by atoms with Crippen molar-refractivity contribution in [1.29, 1.82) is 0 Å². The van der Waals surface area contributed by atoms with Gasteiger partial charge in [-0.1, -0.05) is 35.9 Å². The van der Waals surface area contributed by atoms with E-state index in [0.717, 1.165) is 48.4 Å². The summed E-state index contributed by atoms with van der Waals surface area (Å²) in [5.41, 5.74) is 6.69. The molecular weight excluding hydrogens is 623 g/mol. The van der Waals surface area contributed by atoms with E-state index in [4.69, 9.17) is 4.98 Å². The number of rotatable bonds is 6. The minimum absolute atomic E-state index is 0.136. The summed E-state index contributed by atoms with van der Waals surface area (Å²) in [4.78, 5) is 24.6. The molecule has 0 aliphatic carbocycles. The largest absolute Gasteiger partial charge is 0.388 e. The molecule has 2 aliphatic heterocycles. The third-order valence-corrected chi connectivity index (χ3v) is 11.4. The van der Waals surface area contributed by atoms with Crippen LogP contribution in [0.3, 0.4) is 0 Å². The SMILES string of the molecule is Cc1ccc(S(=O)(=O)n2cc(-c3ccc(C(=O)N4CCC(C)(O)C4)cc3)c3cc(-c4ccc(N5CCN(C)CC5)c(C)c4)cnc32)cc1. The van der Waals surface area contributed by atoms with E-state index in [9.17, 15) is 18.3 Å². The lowest BCUT2D eigenvalue weighted by Gasteiger charge is -2.35. The molecule has 5 aromatic rings. The van der Waals surface area contributed by atoms with E-state index in [0.29, 0.717) is 41.7 Å². The second-order valence-electron chi connectivity index (χ2n) is 13.6. The number of piperazine rings is 1. The number of carbonyl (C=O) groups is 1. The number of nitrogens with zero attached hydrogens (tertiary/aromatic N) is 5. The average Bonchev–Trinajstić information content (AvgIpc) is 3.65. The second kappa shape index (κ2) is 12.2. The highest BCUT2D eigenvalue weighted by Crippen LogP contribution is 2.36. The zero-order valence-electron chi connectivity index (χ0n) is 27.8. The monoisotopic (exact) mass is 663 g/mol. The summed E-state index contributed by atoms with van der Waals surface area (Å²) in [6, 6.07) is 22.5. The first-order valence-electron chi connectivity index (χ1n) is 16.4. The zero-order chi connectivity index (χ0) is 33.8. The fourth-order valence-corrected chi connectivity index (χ4v) is 8.13. The molecule has 1 N–H and O–H groups in total. The summed E-state index contributed by atoms with van der Waals surface area (Å²) < 4.78 is 29.3. The Morgan fingerprint density at radius 3 is 2.19 bits per heavy atom. The maximum atomic E-state index is 14.0. The molecule has 2 aliphatic rings. The molecule has 1 atom stereocenters. The lowest BCUT2D eigenvalue weighted by molar-refractivity contribution is 0.0572. The standard InChI is InChI=1S/C38H41N5O4S/c1-26-5-12-32(13-6-26)48(46,47)43-24-34(28-7-9-29(10-8-28)37(44)42-16-15-38(3,45)25-42)33-22-31(23-39-36(33)43)30-11-14-35(27(2)21-30)41-19-17-40(4)18-20-41/h5-14,21-24,45H,15-20,25H2,1-4H3. The lowest BCUT2D eigenvalue weighted by atomic mass is 9.99. The van der Waals surface area contributed by atoms with E-state index in [2.05, 4.69) is 42.0 Å². The normalized spacial score (nSPS) is 18.9. The van der Waals surface area contributed by atoms with Gasteiger partial charge < -0.3 is 19.8 Å². The van der Waals surface area contributed by atoms with Gasteiger partial charge in [0.15, 0.2) is 5.65 Å². The second-order valence-corrected chi connectivity index (χ2v) is 15.4. The van der Waals surface area contributed by atoms with Crippen molar-refractivity contribution in [2.24, 2.45) is 0 Å². The van der Waals surface area contributed by atoms with Crippen LogP contribution < -0.4 is 4.90 Å². The van der Waals surface area contributed by atoms with E-state index in [-0.39, 0.29) is 10.8 Å². The number of fused-ring (bicyclic) bond motifs is 1. The van der Waals surface area contributed by atoms with E-state index in [1.165, 1.54) is 15.2 Å². The van der Waals surface area contributed by atoms with Crippen molar-refractivity contribution < 1.29 is 18.3 Å². The molecule has 10 heteroatoms. The van der Waals surface area contributed by atoms with Gasteiger partial charge in [-0.25, -0.2) is 17.4 Å². The molecule has 9 nitrogen and oxygen atoms in total. The smallest absolute Gasteiger partial charge is 0.269 e. The van der Waals surface area contributed by atoms with Gasteiger partial charge in [0, 0.05) is 79.4 Å². The summed E-state index contributed by atoms with van der Waals surface area (Å²) >= 11 is 0. The molecule has 0 spiro atoms. The highest BCUT2D eigenvalue weighted by Gasteiger charge is 2.34. The molecule has 1 amide bonds. The number of amides is 1. The van der Waals surface area contributed by atoms with Crippen molar-refractivity contribution in [1.82, 2.24) is 18.8 Å². The van der Waals surface area contributed by atoms with Crippen molar-refractivity contribution in [2.45, 2.75) is 37.7 Å². The van der Waals surface area contributed by atoms with Crippen molar-refractivity contribution in [3.05, 3.63) is 102 Å². The number of pyridine rings is 1. The zero-order valence-corrected chi connectivity index (χ0v) is 28.7. The highest BCUT2D eigenvalue weighted by molar-refractivity contribution is 7.90. The van der Waals surface area contributed by atoms with Gasteiger partial charge in [-0.15, -0.1) is 0 Å². The number of benzene rings is 3. The van der Waals surface area contributed by atoms with Crippen molar-refractivity contribution >= 4 is 32.7 Å². The van der Waals surface area contributed by atoms with Gasteiger partial charge in [0.25, 0.3) is 15.9 Å². The molecule has 0 bridgehead atoms. The fourth-order valence-electron chi connectivity index (χ4n) is 6.80. The van der Waals surface area contributed by atoms with Crippen LogP contribution in [0.5, 0.6) is 0 Å². The van der Waals surface area contributed by atoms with Gasteiger partial charge >= 0.3 is 0 Å². The molecule has 4 heterocycles. The van der Waals surface area contributed by atoms with E-state index in [1.807, 2.05) is 25.1 Å². The number of likely N-dealkylation sites (N-methyl/N-ethyl adjacent to an activating group) is 1. The van der Waals surface area contributed by atoms with Gasteiger partial charge in [0.2, 0.25) is 0 Å². The van der Waals surface area contributed by atoms with Crippen LogP contribution in [0.15, 0.2) is 90.1 Å². The Morgan fingerprint density at radius 2 is 1.54 bits per heavy atom. The summed E-state index contributed by atoms with van der Waals surface area (Å²) in [5, 5.41) is 11.1. The number of hydrogen-bond donors (Lipinski definition) is 1. The quantitative estimate of drug-likeness (QED) is 0.254. The highest BCUT2D eigenvalue weighted by atomic mass is 32.2. The van der Waals surface area contributed by atoms with Crippen LogP contribution >= 0.6 is 0 Å². The van der Waals surface area contributed by atoms with Gasteiger partial charge in [-0.3, -0.25) is 4.79 Å². The predicted octanol–water partition coefficient (Wildman–Crippen LogP) is 5.57. The number of hydrogen-bond acceptors (Lipinski definition) is 7. The van der Waals surface area contributed by atoms with Crippen molar-refractivity contribution in [3.63, 3.8) is 0 Å². The Morgan fingerprint density at radius 1 is 0.854 bits per heavy atom. The molecule has 48 heavy (non-hydrogen) atoms. The van der Waals surface area contributed by atoms with Gasteiger partial charge in [0.05, 0.1) is 10.5 Å². The Kier molecular flexibility index (Phi) is 8.14. The number of carbonyl (C=O) groups excluding carboxylic acids is 1. The van der Waals surface area contributed by atoms with Crippen molar-refractivity contribution in [3.8, 4) is 22.3 Å². The van der Waals surface area contributed by atoms with Gasteiger partial charge in [-0.05, 0) is 93.4 Å². The maximum absolute atomic E-state index is 14.0. The first-order valence-corrected chi connectivity index (χ1v) is 17.8. The third kappa shape index (κ3) is 6.00. The predicted molar refractivity (Wildman–Crippen MR) is 190 cm³/mol. The topological polar surface area (TPSA) is 99.0 Å². The number of β-amino-alcohol motifs (C(OH)–C–C–N with tert-alkyl or cyclic N) is 1. The molecule has 0 saturated carbocycles. The van der Waals surface area contributed by atoms with Gasteiger partial charge in [-0.2, -0.15) is 0 Å². The summed E-state index contributed by atoms with van der Waals surface area (Å²) in [5.74, 6) is -0.136. The summed E-state index contributed by atoms with van der Waals surface area (Å²) in [7, 11) is -1.81. The Balaban J connectivity index is 1.29. The minimum atomic E-state index is -3.96. The van der Waals surface area contributed by atoms with Crippen LogP contribution in [-0.4, -0.2) is 90.1 Å². The number of aliphatic hydroxyl groups is 1. The number of aromatic nitrogens is 2. The molecule has 7 rings (SSSR count). The van der Waals surface area contributed by atoms with Crippen LogP contribution in [0.2, 0.25) is 0 Å². The van der Waals surface area contributed by atoms with Crippen LogP contribution in [0, 0.1) is 13.8 Å². The number of likely N-dealkylation sites (tertiary alicyclic amines) is 1. The fraction of sp³-hybridized carbons (Fsp3) is 0.316. The summed E-state index contributed by atoms with van der Waals surface area (Å²) in [6.07, 6.45) is 3.91. The molecule has 3 aromatic carbocycles. The third-order valence-electron chi connectivity index (χ3n) is 9.75. The Hall–Kier alpha value is -4.51. The molecule has 1 unspecified atom stereocenters. The van der Waals surface area contributed by atoms with Crippen LogP contribution in [0.25, 0.3) is 33.3 Å². The van der Waals surface area contributed by atoms with E-state index in [1.54, 1.807) is 60.6 Å². The molecule has 2 saturated heterocycles. The van der Waals surface area contributed by atoms with Crippen molar-refractivity contribution in [2.75, 3.05) is 51.2 Å². The molecule has 248 valence electrons. The van der Waals surface area contributed by atoms with E-state index < -0.39 is 15.6 Å². The summed E-state index contributed by atoms with van der Waals surface area (Å²) in [6.45, 7) is 10.6. The number of anilines is 1. The first kappa shape index (κ1) is 32.1. The maximum Gasteiger partial charge on any atom is 0.269 e. The molecular formula is C38H41N5O4S. The molecule has 0 radical (unpaired) electrons. The van der Waals surface area contributed by atoms with E-state index >= 15 is 0 Å². The van der Waals surface area contributed by atoms with Crippen LogP contribution in [0.4, 0.5) is 5.69 Å². The molecule has 2 fully saturated rings. The molecule has 2 aromatic heterocycles. The minimum Gasteiger partial charge on any atom is -0.388 e. The Labute approximate surface area is 282 Å². The first-order chi connectivity index (χ1) is 22.9.